The third-order valence-electron chi connectivity index (χ3n) is 0.724. The summed E-state index contributed by atoms with van der Waals surface area (Å²) in [7, 11) is 3.75. The minimum absolute atomic E-state index is 0.0590. The van der Waals surface area contributed by atoms with E-state index in [1.807, 2.05) is 14.1 Å². The molecule has 3 N–H and O–H groups in total. The van der Waals surface area contributed by atoms with Crippen LogP contribution in [-0.2, 0) is 0 Å². The average molecular weight is 149 g/mol. The molecule has 0 atom stereocenters. The van der Waals surface area contributed by atoms with Gasteiger partial charge in [0.15, 0.2) is 0 Å². The van der Waals surface area contributed by atoms with Crippen LogP contribution in [-0.4, -0.2) is 36.5 Å². The second-order valence-corrected chi connectivity index (χ2v) is 2.79. The van der Waals surface area contributed by atoms with Crippen molar-refractivity contribution in [2.24, 2.45) is 0 Å². The lowest BCUT2D eigenvalue weighted by molar-refractivity contribution is 0.0515. The Hall–Kier alpha value is -0.120. The summed E-state index contributed by atoms with van der Waals surface area (Å²) in [6, 6.07) is 0. The van der Waals surface area contributed by atoms with Crippen LogP contribution in [0.2, 0.25) is 0 Å². The molecule has 64 valence electrons. The number of hydrogen-bond acceptors (Lipinski definition) is 3. The van der Waals surface area contributed by atoms with Crippen molar-refractivity contribution in [2.75, 3.05) is 20.7 Å². The molecule has 0 aromatic heterocycles. The molecule has 10 heavy (non-hydrogen) atoms. The van der Waals surface area contributed by atoms with Gasteiger partial charge in [-0.05, 0) is 34.4 Å². The van der Waals surface area contributed by atoms with Crippen LogP contribution in [0.5, 0.6) is 0 Å². The molecule has 3 nitrogen and oxygen atoms in total. The number of rotatable bonds is 2. The summed E-state index contributed by atoms with van der Waals surface area (Å²) in [5, 5.41) is 19.8. The number of aliphatic hydroxyl groups excluding tert-OH is 1. The fourth-order valence-electron chi connectivity index (χ4n) is 0.274. The van der Waals surface area contributed by atoms with E-state index >= 15 is 0 Å². The Morgan fingerprint density at radius 2 is 1.60 bits per heavy atom. The maximum atomic E-state index is 8.86. The third kappa shape index (κ3) is 24.8. The van der Waals surface area contributed by atoms with Gasteiger partial charge in [0.25, 0.3) is 0 Å². The van der Waals surface area contributed by atoms with Crippen molar-refractivity contribution in [2.45, 2.75) is 25.9 Å². The van der Waals surface area contributed by atoms with Gasteiger partial charge in [-0.25, -0.2) is 0 Å². The first-order valence-corrected chi connectivity index (χ1v) is 3.39. The zero-order valence-electron chi connectivity index (χ0n) is 7.31. The molecule has 0 bridgehead atoms. The van der Waals surface area contributed by atoms with Gasteiger partial charge in [0.2, 0.25) is 0 Å². The predicted molar refractivity (Wildman–Crippen MR) is 43.0 cm³/mol. The highest BCUT2D eigenvalue weighted by atomic mass is 16.3. The number of nitrogens with one attached hydrogen (secondary N) is 1. The van der Waals surface area contributed by atoms with Crippen molar-refractivity contribution in [3.05, 3.63) is 0 Å². The fraction of sp³-hybridized carbons (Fsp3) is 1.00. The maximum absolute atomic E-state index is 8.86. The summed E-state index contributed by atoms with van der Waals surface area (Å²) in [6.45, 7) is 3.40. The van der Waals surface area contributed by atoms with Crippen LogP contribution in [0.3, 0.4) is 0 Å². The van der Waals surface area contributed by atoms with Crippen LogP contribution in [0.15, 0.2) is 0 Å². The standard InChI is InChI=1S/C5H12O2.C2H7N/c1-5(2,7)3-4-6;1-3-2/h6-7H,3-4H2,1-2H3;3H,1-2H3. The van der Waals surface area contributed by atoms with Crippen LogP contribution in [0, 0.1) is 0 Å². The molecule has 0 unspecified atom stereocenters. The summed E-state index contributed by atoms with van der Waals surface area (Å²) in [6.07, 6.45) is 0.451. The van der Waals surface area contributed by atoms with Gasteiger partial charge in [0.1, 0.15) is 0 Å². The van der Waals surface area contributed by atoms with E-state index in [2.05, 4.69) is 5.32 Å². The largest absolute Gasteiger partial charge is 0.396 e. The molecule has 0 aliphatic rings. The zero-order valence-corrected chi connectivity index (χ0v) is 7.31. The molecule has 0 aliphatic heterocycles. The Morgan fingerprint density at radius 3 is 1.60 bits per heavy atom. The fourth-order valence-corrected chi connectivity index (χ4v) is 0.274. The topological polar surface area (TPSA) is 52.5 Å². The van der Waals surface area contributed by atoms with Crippen LogP contribution < -0.4 is 5.32 Å². The van der Waals surface area contributed by atoms with E-state index in [1.165, 1.54) is 0 Å². The Morgan fingerprint density at radius 1 is 1.30 bits per heavy atom. The second-order valence-electron chi connectivity index (χ2n) is 2.79. The van der Waals surface area contributed by atoms with E-state index in [0.29, 0.717) is 6.42 Å². The summed E-state index contributed by atoms with van der Waals surface area (Å²) in [5.74, 6) is 0. The molecule has 0 aromatic carbocycles. The smallest absolute Gasteiger partial charge is 0.0613 e. The monoisotopic (exact) mass is 149 g/mol. The highest BCUT2D eigenvalue weighted by Crippen LogP contribution is 2.04. The minimum Gasteiger partial charge on any atom is -0.396 e. The molecule has 3 heteroatoms. The molecule has 0 rings (SSSR count). The molecule has 0 aromatic rings. The molecule has 0 radical (unpaired) electrons. The molecular formula is C7H19NO2. The normalized spacial score (nSPS) is 10.2. The lowest BCUT2D eigenvalue weighted by Crippen LogP contribution is -2.19. The summed E-state index contributed by atoms with van der Waals surface area (Å²) < 4.78 is 0. The first kappa shape index (κ1) is 12.5. The predicted octanol–water partition coefficient (Wildman–Crippen LogP) is -0.0247. The van der Waals surface area contributed by atoms with Crippen LogP contribution in [0.25, 0.3) is 0 Å². The van der Waals surface area contributed by atoms with Gasteiger partial charge in [0.05, 0.1) is 5.60 Å². The molecule has 0 spiro atoms. The summed E-state index contributed by atoms with van der Waals surface area (Å²) in [4.78, 5) is 0. The quantitative estimate of drug-likeness (QED) is 0.517. The SMILES string of the molecule is CC(C)(O)CCO.CNC. The minimum atomic E-state index is -0.700. The van der Waals surface area contributed by atoms with Crippen molar-refractivity contribution in [1.82, 2.24) is 5.32 Å². The molecular weight excluding hydrogens is 130 g/mol. The van der Waals surface area contributed by atoms with Crippen molar-refractivity contribution in [3.63, 3.8) is 0 Å². The van der Waals surface area contributed by atoms with Crippen LogP contribution in [0.1, 0.15) is 20.3 Å². The van der Waals surface area contributed by atoms with E-state index in [4.69, 9.17) is 10.2 Å². The average Bonchev–Trinajstić information content (AvgIpc) is 1.63. The van der Waals surface area contributed by atoms with E-state index in [-0.39, 0.29) is 6.61 Å². The first-order valence-electron chi connectivity index (χ1n) is 3.39. The molecule has 0 amide bonds. The van der Waals surface area contributed by atoms with Gasteiger partial charge in [-0.3, -0.25) is 0 Å². The van der Waals surface area contributed by atoms with Crippen LogP contribution >= 0.6 is 0 Å². The lowest BCUT2D eigenvalue weighted by Gasteiger charge is -2.13. The maximum Gasteiger partial charge on any atom is 0.0613 e. The molecule has 0 heterocycles. The van der Waals surface area contributed by atoms with E-state index < -0.39 is 5.60 Å². The van der Waals surface area contributed by atoms with E-state index in [9.17, 15) is 0 Å². The van der Waals surface area contributed by atoms with Gasteiger partial charge >= 0.3 is 0 Å². The zero-order chi connectivity index (χ0) is 8.62. The Labute approximate surface area is 63.1 Å². The second kappa shape index (κ2) is 6.99. The number of aliphatic hydroxyl groups is 2. The van der Waals surface area contributed by atoms with Gasteiger partial charge in [-0.1, -0.05) is 0 Å². The van der Waals surface area contributed by atoms with Crippen molar-refractivity contribution in [3.8, 4) is 0 Å². The highest BCUT2D eigenvalue weighted by molar-refractivity contribution is 4.62. The molecule has 0 fully saturated rings. The van der Waals surface area contributed by atoms with Crippen LogP contribution in [0.4, 0.5) is 0 Å². The summed E-state index contributed by atoms with van der Waals surface area (Å²) >= 11 is 0. The molecule has 0 saturated heterocycles. The van der Waals surface area contributed by atoms with Crippen molar-refractivity contribution in [1.29, 1.82) is 0 Å². The number of hydrogen-bond donors (Lipinski definition) is 3. The Balaban J connectivity index is 0. The van der Waals surface area contributed by atoms with E-state index in [1.54, 1.807) is 13.8 Å². The van der Waals surface area contributed by atoms with E-state index in [0.717, 1.165) is 0 Å². The molecule has 0 aliphatic carbocycles. The van der Waals surface area contributed by atoms with Gasteiger partial charge in [-0.15, -0.1) is 0 Å². The first-order chi connectivity index (χ1) is 4.47. The Kier molecular flexibility index (Phi) is 8.77. The lowest BCUT2D eigenvalue weighted by atomic mass is 10.1. The van der Waals surface area contributed by atoms with Crippen molar-refractivity contribution >= 4 is 0 Å². The summed E-state index contributed by atoms with van der Waals surface area (Å²) in [5.41, 5.74) is -0.700. The molecule has 0 saturated carbocycles. The Bertz CT molecular complexity index is 59.1. The van der Waals surface area contributed by atoms with Gasteiger partial charge < -0.3 is 15.5 Å². The third-order valence-corrected chi connectivity index (χ3v) is 0.724. The van der Waals surface area contributed by atoms with Gasteiger partial charge in [0, 0.05) is 6.61 Å². The highest BCUT2D eigenvalue weighted by Gasteiger charge is 2.09. The van der Waals surface area contributed by atoms with Gasteiger partial charge in [-0.2, -0.15) is 0 Å². The van der Waals surface area contributed by atoms with Crippen molar-refractivity contribution < 1.29 is 10.2 Å².